The molecule has 1 heterocycles. The predicted octanol–water partition coefficient (Wildman–Crippen LogP) is 3.36. The second-order valence-corrected chi connectivity index (χ2v) is 8.17. The fourth-order valence-corrected chi connectivity index (χ4v) is 4.06. The third-order valence-electron chi connectivity index (χ3n) is 5.59. The molecule has 0 fully saturated rings. The van der Waals surface area contributed by atoms with Crippen molar-refractivity contribution in [1.82, 2.24) is 10.6 Å². The summed E-state index contributed by atoms with van der Waals surface area (Å²) in [5, 5.41) is 9.40. The topological polar surface area (TPSA) is 93.2 Å². The minimum Gasteiger partial charge on any atom is -0.493 e. The second kappa shape index (κ2) is 9.96. The van der Waals surface area contributed by atoms with Gasteiger partial charge in [0, 0.05) is 16.8 Å². The Kier molecular flexibility index (Phi) is 6.83. The van der Waals surface area contributed by atoms with E-state index in [4.69, 9.17) is 31.4 Å². The molecule has 2 aromatic carbocycles. The molecular weight excluding hydrogens is 452 g/mol. The summed E-state index contributed by atoms with van der Waals surface area (Å²) in [5.74, 6) is 1.59. The summed E-state index contributed by atoms with van der Waals surface area (Å²) in [6.45, 7) is 2.03. The smallest absolute Gasteiger partial charge is 0.257 e. The highest BCUT2D eigenvalue weighted by Gasteiger charge is 2.27. The van der Waals surface area contributed by atoms with Gasteiger partial charge >= 0.3 is 0 Å². The van der Waals surface area contributed by atoms with Gasteiger partial charge in [-0.25, -0.2) is 0 Å². The average molecular weight is 479 g/mol. The van der Waals surface area contributed by atoms with E-state index in [1.807, 2.05) is 37.3 Å². The molecule has 1 aliphatic heterocycles. The van der Waals surface area contributed by atoms with Gasteiger partial charge in [0.2, 0.25) is 5.75 Å². The molecule has 0 saturated heterocycles. The first-order chi connectivity index (χ1) is 16.4. The number of rotatable bonds is 6. The third-order valence-corrected chi connectivity index (χ3v) is 5.80. The van der Waals surface area contributed by atoms with Gasteiger partial charge in [0.05, 0.1) is 33.4 Å². The Morgan fingerprint density at radius 3 is 2.38 bits per heavy atom. The number of benzene rings is 2. The van der Waals surface area contributed by atoms with E-state index in [0.717, 1.165) is 22.6 Å². The number of amides is 1. The molecule has 4 rings (SSSR count). The summed E-state index contributed by atoms with van der Waals surface area (Å²) in [4.78, 5) is 17.6. The van der Waals surface area contributed by atoms with Crippen molar-refractivity contribution in [2.75, 3.05) is 26.6 Å². The SMILES string of the molecule is COc1cc(C(=O)NC(=S)Nc2ccc(C)c(C3=NC4C=CC=CC4N3)c2)cc(OC)c1OC. The highest BCUT2D eigenvalue weighted by molar-refractivity contribution is 7.80. The molecule has 0 bridgehead atoms. The van der Waals surface area contributed by atoms with Gasteiger partial charge in [0.25, 0.3) is 5.91 Å². The van der Waals surface area contributed by atoms with Gasteiger partial charge in [-0.3, -0.25) is 15.1 Å². The Bertz CT molecular complexity index is 1200. The van der Waals surface area contributed by atoms with E-state index in [0.29, 0.717) is 22.8 Å². The number of nitrogens with zero attached hydrogens (tertiary/aromatic N) is 1. The zero-order valence-corrected chi connectivity index (χ0v) is 20.2. The van der Waals surface area contributed by atoms with Gasteiger partial charge in [-0.1, -0.05) is 30.4 Å². The molecule has 3 N–H and O–H groups in total. The van der Waals surface area contributed by atoms with Crippen LogP contribution in [0.1, 0.15) is 21.5 Å². The number of anilines is 1. The van der Waals surface area contributed by atoms with Crippen LogP contribution in [0.2, 0.25) is 0 Å². The normalized spacial score (nSPS) is 17.8. The first kappa shape index (κ1) is 23.3. The Labute approximate surface area is 203 Å². The summed E-state index contributed by atoms with van der Waals surface area (Å²) >= 11 is 5.38. The van der Waals surface area contributed by atoms with E-state index in [1.165, 1.54) is 21.3 Å². The molecule has 0 saturated carbocycles. The number of hydrogen-bond acceptors (Lipinski definition) is 7. The Hall–Kier alpha value is -3.85. The van der Waals surface area contributed by atoms with Crippen LogP contribution in [0, 0.1) is 6.92 Å². The molecule has 34 heavy (non-hydrogen) atoms. The van der Waals surface area contributed by atoms with E-state index in [1.54, 1.807) is 12.1 Å². The maximum absolute atomic E-state index is 12.8. The molecule has 2 aliphatic rings. The molecule has 2 atom stereocenters. The van der Waals surface area contributed by atoms with Crippen LogP contribution in [-0.2, 0) is 0 Å². The maximum Gasteiger partial charge on any atom is 0.257 e. The van der Waals surface area contributed by atoms with E-state index < -0.39 is 5.91 Å². The highest BCUT2D eigenvalue weighted by atomic mass is 32.1. The summed E-state index contributed by atoms with van der Waals surface area (Å²) in [7, 11) is 4.49. The minimum atomic E-state index is -0.409. The van der Waals surface area contributed by atoms with E-state index >= 15 is 0 Å². The molecule has 0 aromatic heterocycles. The van der Waals surface area contributed by atoms with Gasteiger partial charge in [-0.05, 0) is 49.0 Å². The molecule has 0 spiro atoms. The summed E-state index contributed by atoms with van der Waals surface area (Å²) < 4.78 is 15.9. The first-order valence-corrected chi connectivity index (χ1v) is 11.1. The highest BCUT2D eigenvalue weighted by Crippen LogP contribution is 2.38. The summed E-state index contributed by atoms with van der Waals surface area (Å²) in [6.07, 6.45) is 8.21. The number of amidine groups is 1. The fourth-order valence-electron chi connectivity index (χ4n) is 3.85. The predicted molar refractivity (Wildman–Crippen MR) is 136 cm³/mol. The van der Waals surface area contributed by atoms with Crippen LogP contribution in [0.4, 0.5) is 5.69 Å². The van der Waals surface area contributed by atoms with Crippen molar-refractivity contribution in [2.24, 2.45) is 4.99 Å². The van der Waals surface area contributed by atoms with Gasteiger partial charge in [0.1, 0.15) is 5.84 Å². The molecule has 9 heteroatoms. The Morgan fingerprint density at radius 1 is 1.03 bits per heavy atom. The van der Waals surface area contributed by atoms with Crippen LogP contribution < -0.4 is 30.2 Å². The van der Waals surface area contributed by atoms with Crippen LogP contribution in [0.5, 0.6) is 17.2 Å². The van der Waals surface area contributed by atoms with Gasteiger partial charge in [-0.15, -0.1) is 0 Å². The van der Waals surface area contributed by atoms with Crippen molar-refractivity contribution in [3.63, 3.8) is 0 Å². The van der Waals surface area contributed by atoms with Crippen LogP contribution in [0.3, 0.4) is 0 Å². The Morgan fingerprint density at radius 2 is 1.74 bits per heavy atom. The van der Waals surface area contributed by atoms with Crippen LogP contribution in [0.25, 0.3) is 0 Å². The zero-order chi connectivity index (χ0) is 24.2. The molecule has 0 radical (unpaired) electrons. The fraction of sp³-hybridized carbons (Fsp3) is 0.240. The van der Waals surface area contributed by atoms with Gasteiger partial charge < -0.3 is 24.8 Å². The number of fused-ring (bicyclic) bond motifs is 1. The van der Waals surface area contributed by atoms with E-state index in [9.17, 15) is 4.79 Å². The van der Waals surface area contributed by atoms with Crippen LogP contribution in [-0.4, -0.2) is 50.3 Å². The van der Waals surface area contributed by atoms with Crippen LogP contribution >= 0.6 is 12.2 Å². The zero-order valence-electron chi connectivity index (χ0n) is 19.3. The first-order valence-electron chi connectivity index (χ1n) is 10.7. The summed E-state index contributed by atoms with van der Waals surface area (Å²) in [6, 6.07) is 9.23. The number of carbonyl (C=O) groups is 1. The van der Waals surface area contributed by atoms with E-state index in [-0.39, 0.29) is 17.2 Å². The standard InChI is InChI=1S/C25H26N4O4S/c1-14-9-10-16(13-17(14)23-27-18-7-5-6-8-19(18)28-23)26-25(34)29-24(30)15-11-20(31-2)22(33-4)21(12-15)32-3/h5-13,18-19H,1-4H3,(H,27,28)(H2,26,29,30,34). The van der Waals surface area contributed by atoms with Crippen molar-refractivity contribution in [3.05, 3.63) is 71.3 Å². The average Bonchev–Trinajstić information content (AvgIpc) is 3.28. The molecule has 8 nitrogen and oxygen atoms in total. The Balaban J connectivity index is 1.48. The van der Waals surface area contributed by atoms with Gasteiger partial charge in [-0.2, -0.15) is 0 Å². The molecule has 2 aromatic rings. The lowest BCUT2D eigenvalue weighted by molar-refractivity contribution is 0.0977. The number of nitrogens with one attached hydrogen (secondary N) is 3. The number of thiocarbonyl (C=S) groups is 1. The minimum absolute atomic E-state index is 0.0925. The van der Waals surface area contributed by atoms with Crippen molar-refractivity contribution in [2.45, 2.75) is 19.0 Å². The lowest BCUT2D eigenvalue weighted by atomic mass is 10.0. The lowest BCUT2D eigenvalue weighted by Gasteiger charge is -2.16. The van der Waals surface area contributed by atoms with Crippen molar-refractivity contribution < 1.29 is 19.0 Å². The summed E-state index contributed by atoms with van der Waals surface area (Å²) in [5.41, 5.74) is 3.11. The van der Waals surface area contributed by atoms with Crippen molar-refractivity contribution in [3.8, 4) is 17.2 Å². The number of allylic oxidation sites excluding steroid dienone is 2. The molecule has 176 valence electrons. The second-order valence-electron chi connectivity index (χ2n) is 7.76. The monoisotopic (exact) mass is 478 g/mol. The number of carbonyl (C=O) groups excluding carboxylic acids is 1. The lowest BCUT2D eigenvalue weighted by Crippen LogP contribution is -2.34. The number of methoxy groups -OCH3 is 3. The van der Waals surface area contributed by atoms with Gasteiger partial charge in [0.15, 0.2) is 16.6 Å². The van der Waals surface area contributed by atoms with Crippen molar-refractivity contribution in [1.29, 1.82) is 0 Å². The molecule has 1 amide bonds. The largest absolute Gasteiger partial charge is 0.493 e. The maximum atomic E-state index is 12.8. The number of aryl methyl sites for hydroxylation is 1. The number of hydrogen-bond donors (Lipinski definition) is 3. The van der Waals surface area contributed by atoms with Crippen molar-refractivity contribution >= 4 is 34.8 Å². The quantitative estimate of drug-likeness (QED) is 0.548. The molecular formula is C25H26N4O4S. The number of ether oxygens (including phenoxy) is 3. The number of aliphatic imine (C=N–C) groups is 1. The molecule has 1 aliphatic carbocycles. The molecule has 2 unspecified atom stereocenters. The van der Waals surface area contributed by atoms with Crippen LogP contribution in [0.15, 0.2) is 59.6 Å². The van der Waals surface area contributed by atoms with E-state index in [2.05, 4.69) is 28.1 Å². The third kappa shape index (κ3) is 4.74.